The normalized spacial score (nSPS) is 23.2. The van der Waals surface area contributed by atoms with Crippen LogP contribution >= 0.6 is 11.6 Å². The van der Waals surface area contributed by atoms with Crippen LogP contribution in [-0.4, -0.2) is 67.8 Å². The van der Waals surface area contributed by atoms with E-state index in [9.17, 15) is 21.6 Å². The molecule has 4 rings (SSSR count). The smallest absolute Gasteiger partial charge is 0.279 e. The topological polar surface area (TPSA) is 87.1 Å². The molecule has 3 heterocycles. The zero-order valence-corrected chi connectivity index (χ0v) is 19.2. The van der Waals surface area contributed by atoms with Gasteiger partial charge in [0.1, 0.15) is 23.6 Å². The van der Waals surface area contributed by atoms with Crippen molar-refractivity contribution in [2.75, 3.05) is 27.2 Å². The predicted molar refractivity (Wildman–Crippen MR) is 116 cm³/mol. The average Bonchev–Trinajstić information content (AvgIpc) is 3.35. The number of aromatic nitrogens is 1. The van der Waals surface area contributed by atoms with Gasteiger partial charge in [0.05, 0.1) is 35.3 Å². The Hall–Kier alpha value is -2.41. The van der Waals surface area contributed by atoms with Crippen LogP contribution in [0.25, 0.3) is 11.1 Å². The van der Waals surface area contributed by atoms with Gasteiger partial charge in [-0.15, -0.1) is 0 Å². The van der Waals surface area contributed by atoms with Gasteiger partial charge in [0, 0.05) is 32.4 Å². The fourth-order valence-electron chi connectivity index (χ4n) is 3.74. The molecule has 33 heavy (non-hydrogen) atoms. The van der Waals surface area contributed by atoms with Gasteiger partial charge in [0.2, 0.25) is 0 Å². The van der Waals surface area contributed by atoms with Gasteiger partial charge in [-0.2, -0.15) is 17.4 Å². The summed E-state index contributed by atoms with van der Waals surface area (Å²) in [5.41, 5.74) is 0.0617. The molecule has 8 nitrogen and oxygen atoms in total. The van der Waals surface area contributed by atoms with Crippen LogP contribution in [0.5, 0.6) is 0 Å². The van der Waals surface area contributed by atoms with E-state index >= 15 is 0 Å². The van der Waals surface area contributed by atoms with Crippen LogP contribution in [0.2, 0.25) is 5.02 Å². The molecular formula is C20H21ClF3N5O3S. The first-order chi connectivity index (χ1) is 15.6. The largest absolute Gasteiger partial charge is 0.384 e. The first kappa shape index (κ1) is 23.7. The van der Waals surface area contributed by atoms with E-state index in [0.29, 0.717) is 5.84 Å². The number of likely N-dealkylation sites (tertiary alicyclic amines) is 1. The molecule has 1 saturated heterocycles. The Bertz CT molecular complexity index is 1180. The molecule has 1 N–H and O–H groups in total. The molecule has 0 saturated carbocycles. The Morgan fingerprint density at radius 1 is 1.24 bits per heavy atom. The number of pyridine rings is 1. The minimum atomic E-state index is -3.81. The summed E-state index contributed by atoms with van der Waals surface area (Å²) in [5.74, 6) is -1.18. The van der Waals surface area contributed by atoms with Crippen molar-refractivity contribution in [3.8, 4) is 11.1 Å². The molecule has 178 valence electrons. The summed E-state index contributed by atoms with van der Waals surface area (Å²) >= 11 is 6.03. The van der Waals surface area contributed by atoms with E-state index < -0.39 is 40.2 Å². The summed E-state index contributed by atoms with van der Waals surface area (Å²) < 4.78 is 70.8. The lowest BCUT2D eigenvalue weighted by Crippen LogP contribution is -2.46. The molecule has 2 aliphatic rings. The van der Waals surface area contributed by atoms with Crippen LogP contribution < -0.4 is 4.72 Å². The molecule has 2 aromatic rings. The Morgan fingerprint density at radius 2 is 1.94 bits per heavy atom. The van der Waals surface area contributed by atoms with Crippen molar-refractivity contribution in [1.82, 2.24) is 18.9 Å². The Balaban J connectivity index is 1.53. The number of rotatable bonds is 5. The molecule has 13 heteroatoms. The van der Waals surface area contributed by atoms with Crippen LogP contribution in [0.3, 0.4) is 0 Å². The number of amidine groups is 1. The lowest BCUT2D eigenvalue weighted by molar-refractivity contribution is 0.0828. The Morgan fingerprint density at radius 3 is 2.61 bits per heavy atom. The number of halogens is 4. The van der Waals surface area contributed by atoms with Gasteiger partial charge < -0.3 is 9.74 Å². The van der Waals surface area contributed by atoms with Crippen molar-refractivity contribution in [2.45, 2.75) is 24.7 Å². The molecule has 0 spiro atoms. The lowest BCUT2D eigenvalue weighted by atomic mass is 9.98. The van der Waals surface area contributed by atoms with E-state index in [1.54, 1.807) is 4.90 Å². The third-order valence-corrected chi connectivity index (χ3v) is 7.24. The lowest BCUT2D eigenvalue weighted by Gasteiger charge is -2.19. The summed E-state index contributed by atoms with van der Waals surface area (Å²) in [6.45, 7) is -0.0373. The van der Waals surface area contributed by atoms with Crippen molar-refractivity contribution in [3.63, 3.8) is 0 Å². The fraction of sp³-hybridized carbons (Fsp3) is 0.400. The van der Waals surface area contributed by atoms with Crippen LogP contribution in [0.15, 0.2) is 35.6 Å². The monoisotopic (exact) mass is 503 g/mol. The van der Waals surface area contributed by atoms with Crippen molar-refractivity contribution in [2.24, 2.45) is 5.16 Å². The highest BCUT2D eigenvalue weighted by atomic mass is 35.5. The van der Waals surface area contributed by atoms with Crippen LogP contribution in [0, 0.1) is 11.6 Å². The molecule has 0 amide bonds. The van der Waals surface area contributed by atoms with Gasteiger partial charge in [-0.1, -0.05) is 22.8 Å². The standard InChI is InChI=1S/C20H21ClF3N5O3S/c1-28(2)33(30,31)27-16-10-29(9-15(16)24)18-7-17(32-26-18)20-12(6-11(21)8-25-20)19-13(22)4-3-5-14(19)23/h3-6,8,15-17,27H,7,9-10H2,1-2H3/t15-,16+,17?/m0/s1. The van der Waals surface area contributed by atoms with Crippen molar-refractivity contribution >= 4 is 27.6 Å². The zero-order valence-electron chi connectivity index (χ0n) is 17.7. The molecule has 0 aliphatic carbocycles. The molecule has 0 bridgehead atoms. The van der Waals surface area contributed by atoms with Crippen molar-refractivity contribution in [1.29, 1.82) is 0 Å². The van der Waals surface area contributed by atoms with E-state index in [2.05, 4.69) is 14.9 Å². The van der Waals surface area contributed by atoms with Gasteiger partial charge >= 0.3 is 0 Å². The molecule has 1 fully saturated rings. The molecule has 1 aromatic carbocycles. The summed E-state index contributed by atoms with van der Waals surface area (Å²) in [6.07, 6.45) is -0.766. The minimum Gasteiger partial charge on any atom is -0.384 e. The highest BCUT2D eigenvalue weighted by Gasteiger charge is 2.40. The van der Waals surface area contributed by atoms with Crippen molar-refractivity contribution in [3.05, 3.63) is 52.8 Å². The van der Waals surface area contributed by atoms with Gasteiger partial charge in [-0.05, 0) is 18.2 Å². The Kier molecular flexibility index (Phi) is 6.54. The summed E-state index contributed by atoms with van der Waals surface area (Å²) in [6, 6.07) is 3.94. The number of alkyl halides is 1. The summed E-state index contributed by atoms with van der Waals surface area (Å²) in [4.78, 5) is 11.3. The third-order valence-electron chi connectivity index (χ3n) is 5.47. The van der Waals surface area contributed by atoms with E-state index in [1.165, 1.54) is 32.4 Å². The molecule has 2 aliphatic heterocycles. The predicted octanol–water partition coefficient (Wildman–Crippen LogP) is 2.87. The summed E-state index contributed by atoms with van der Waals surface area (Å²) in [5, 5.41) is 4.19. The first-order valence-electron chi connectivity index (χ1n) is 9.98. The molecule has 0 radical (unpaired) electrons. The molecule has 1 aromatic heterocycles. The second-order valence-corrected chi connectivity index (χ2v) is 10.3. The number of nitrogens with zero attached hydrogens (tertiary/aromatic N) is 4. The van der Waals surface area contributed by atoms with Crippen molar-refractivity contribution < 1.29 is 26.4 Å². The molecule has 3 atom stereocenters. The van der Waals surface area contributed by atoms with E-state index in [1.807, 2.05) is 0 Å². The second kappa shape index (κ2) is 9.09. The fourth-order valence-corrected chi connectivity index (χ4v) is 4.72. The number of hydrogen-bond acceptors (Lipinski definition) is 6. The number of nitrogens with one attached hydrogen (secondary N) is 1. The van der Waals surface area contributed by atoms with Crippen LogP contribution in [0.4, 0.5) is 13.2 Å². The average molecular weight is 504 g/mol. The number of hydrogen-bond donors (Lipinski definition) is 1. The number of oxime groups is 1. The quantitative estimate of drug-likeness (QED) is 0.678. The summed E-state index contributed by atoms with van der Waals surface area (Å²) in [7, 11) is -1.12. The maximum atomic E-state index is 14.5. The highest BCUT2D eigenvalue weighted by Crippen LogP contribution is 2.38. The maximum absolute atomic E-state index is 14.5. The van der Waals surface area contributed by atoms with Crippen LogP contribution in [-0.2, 0) is 15.0 Å². The molecular weight excluding hydrogens is 483 g/mol. The zero-order chi connectivity index (χ0) is 23.9. The van der Waals surface area contributed by atoms with Gasteiger partial charge in [-0.3, -0.25) is 4.98 Å². The van der Waals surface area contributed by atoms with E-state index in [-0.39, 0.29) is 41.4 Å². The SMILES string of the molecule is CN(C)S(=O)(=O)N[C@@H]1CN(C2=NOC(c3ncc(Cl)cc3-c3c(F)cccc3F)C2)C[C@@H]1F. The van der Waals surface area contributed by atoms with Crippen LogP contribution in [0.1, 0.15) is 18.2 Å². The third kappa shape index (κ3) is 4.79. The minimum absolute atomic E-state index is 0.0476. The van der Waals surface area contributed by atoms with Gasteiger partial charge in [0.15, 0.2) is 6.10 Å². The maximum Gasteiger partial charge on any atom is 0.279 e. The Labute approximate surface area is 194 Å². The number of benzene rings is 1. The van der Waals surface area contributed by atoms with E-state index in [0.717, 1.165) is 16.4 Å². The van der Waals surface area contributed by atoms with Gasteiger partial charge in [0.25, 0.3) is 10.2 Å². The highest BCUT2D eigenvalue weighted by molar-refractivity contribution is 7.87. The first-order valence-corrected chi connectivity index (χ1v) is 11.8. The second-order valence-electron chi connectivity index (χ2n) is 7.92. The van der Waals surface area contributed by atoms with E-state index in [4.69, 9.17) is 16.4 Å². The van der Waals surface area contributed by atoms with Gasteiger partial charge in [-0.25, -0.2) is 13.2 Å². The molecule has 1 unspecified atom stereocenters.